The van der Waals surface area contributed by atoms with Crippen LogP contribution in [-0.4, -0.2) is 12.7 Å². The SMILES string of the molecule is FC(F)(F)Oc1ccc(-c2ccc(-c3ccc(Cc4ccc(-c5ccc(-c6ccc(OC(F)(F)F)cc6I)cc5)c(I)c4I)c(I)c3I)cc2)c(I)c1. The van der Waals surface area contributed by atoms with Gasteiger partial charge < -0.3 is 9.47 Å². The summed E-state index contributed by atoms with van der Waals surface area (Å²) in [5.74, 6) is -0.495. The van der Waals surface area contributed by atoms with Crippen molar-refractivity contribution in [3.63, 3.8) is 0 Å². The quantitative estimate of drug-likeness (QED) is 0.112. The lowest BCUT2D eigenvalue weighted by atomic mass is 9.96. The molecule has 0 fully saturated rings. The van der Waals surface area contributed by atoms with Crippen molar-refractivity contribution in [3.8, 4) is 56.0 Å². The minimum Gasteiger partial charge on any atom is -0.406 e. The highest BCUT2D eigenvalue weighted by Crippen LogP contribution is 2.38. The Morgan fingerprint density at radius 3 is 0.981 bits per heavy atom. The van der Waals surface area contributed by atoms with Crippen molar-refractivity contribution in [3.05, 3.63) is 142 Å². The molecule has 0 aliphatic carbocycles. The molecule has 0 aliphatic rings. The molecule has 0 aliphatic heterocycles. The molecule has 0 N–H and O–H groups in total. The first-order chi connectivity index (χ1) is 25.0. The molecule has 0 heterocycles. The maximum Gasteiger partial charge on any atom is 0.573 e. The van der Waals surface area contributed by atoms with Crippen LogP contribution in [0.15, 0.2) is 109 Å². The summed E-state index contributed by atoms with van der Waals surface area (Å²) in [6.45, 7) is 0. The molecule has 2 nitrogen and oxygen atoms in total. The summed E-state index contributed by atoms with van der Waals surface area (Å²) in [7, 11) is 0. The lowest BCUT2D eigenvalue weighted by molar-refractivity contribution is -0.275. The molecule has 0 atom stereocenters. The average Bonchev–Trinajstić information content (AvgIpc) is 3.08. The van der Waals surface area contributed by atoms with Crippen molar-refractivity contribution < 1.29 is 35.8 Å². The molecular formula is C39H20F6I6O2. The third kappa shape index (κ3) is 10.3. The van der Waals surface area contributed by atoms with E-state index in [1.165, 1.54) is 35.4 Å². The molecule has 6 rings (SSSR count). The Bertz CT molecular complexity index is 2150. The highest BCUT2D eigenvalue weighted by molar-refractivity contribution is 14.1. The second kappa shape index (κ2) is 17.2. The number of halogens is 12. The second-order valence-corrected chi connectivity index (χ2v) is 18.2. The fraction of sp³-hybridized carbons (Fsp3) is 0.0769. The molecule has 53 heavy (non-hydrogen) atoms. The predicted molar refractivity (Wildman–Crippen MR) is 247 cm³/mol. The number of hydrogen-bond donors (Lipinski definition) is 0. The van der Waals surface area contributed by atoms with Gasteiger partial charge >= 0.3 is 12.7 Å². The number of benzene rings is 6. The molecule has 0 bridgehead atoms. The Morgan fingerprint density at radius 2 is 0.679 bits per heavy atom. The minimum atomic E-state index is -4.74. The largest absolute Gasteiger partial charge is 0.573 e. The molecule has 272 valence electrons. The van der Waals surface area contributed by atoms with Crippen LogP contribution in [0.25, 0.3) is 44.5 Å². The highest BCUT2D eigenvalue weighted by Gasteiger charge is 2.32. The van der Waals surface area contributed by atoms with Crippen LogP contribution in [0.3, 0.4) is 0 Å². The van der Waals surface area contributed by atoms with Crippen LogP contribution in [0.5, 0.6) is 11.5 Å². The van der Waals surface area contributed by atoms with Crippen molar-refractivity contribution in [2.45, 2.75) is 19.1 Å². The zero-order valence-electron chi connectivity index (χ0n) is 26.5. The summed E-state index contributed by atoms with van der Waals surface area (Å²) < 4.78 is 89.9. The van der Waals surface area contributed by atoms with E-state index in [-0.39, 0.29) is 11.5 Å². The standard InChI is InChI=1S/C39H20F6I6O2/c40-38(41,42)52-26-11-15-28(32(46)18-26)20-1-5-22(6-2-20)30-13-9-24(34(48)36(30)50)17-25-10-14-31(37(51)35(25)49)23-7-3-21(4-8-23)29-16-12-27(19-33(29)47)53-39(43,44)45/h1-16,18-19H,17H2. The van der Waals surface area contributed by atoms with Gasteiger partial charge in [-0.3, -0.25) is 0 Å². The summed E-state index contributed by atoms with van der Waals surface area (Å²) in [4.78, 5) is 0. The van der Waals surface area contributed by atoms with Gasteiger partial charge in [-0.15, -0.1) is 26.3 Å². The van der Waals surface area contributed by atoms with E-state index in [0.29, 0.717) is 7.14 Å². The van der Waals surface area contributed by atoms with E-state index >= 15 is 0 Å². The monoisotopic (exact) mass is 1400 g/mol. The van der Waals surface area contributed by atoms with Gasteiger partial charge in [-0.1, -0.05) is 72.8 Å². The normalized spacial score (nSPS) is 11.8. The van der Waals surface area contributed by atoms with Crippen molar-refractivity contribution in [2.75, 3.05) is 0 Å². The van der Waals surface area contributed by atoms with Gasteiger partial charge in [-0.25, -0.2) is 0 Å². The van der Waals surface area contributed by atoms with Crippen LogP contribution in [0.4, 0.5) is 26.3 Å². The Hall–Kier alpha value is -1.12. The van der Waals surface area contributed by atoms with E-state index in [1.54, 1.807) is 12.1 Å². The highest BCUT2D eigenvalue weighted by atomic mass is 127. The van der Waals surface area contributed by atoms with Gasteiger partial charge in [0.05, 0.1) is 0 Å². The molecule has 0 saturated heterocycles. The lowest BCUT2D eigenvalue weighted by Gasteiger charge is -2.16. The molecule has 14 heteroatoms. The van der Waals surface area contributed by atoms with E-state index in [4.69, 9.17) is 0 Å². The summed E-state index contributed by atoms with van der Waals surface area (Å²) in [6, 6.07) is 33.3. The number of hydrogen-bond acceptors (Lipinski definition) is 2. The summed E-state index contributed by atoms with van der Waals surface area (Å²) in [6.07, 6.45) is -8.73. The van der Waals surface area contributed by atoms with Gasteiger partial charge in [0.1, 0.15) is 11.5 Å². The molecule has 0 spiro atoms. The predicted octanol–water partition coefficient (Wildman–Crippen LogP) is 15.4. The zero-order valence-corrected chi connectivity index (χ0v) is 39.4. The Labute approximate surface area is 383 Å². The van der Waals surface area contributed by atoms with Crippen LogP contribution >= 0.6 is 136 Å². The van der Waals surface area contributed by atoms with Crippen molar-refractivity contribution in [1.29, 1.82) is 0 Å². The van der Waals surface area contributed by atoms with Crippen LogP contribution in [0, 0.1) is 21.4 Å². The Morgan fingerprint density at radius 1 is 0.377 bits per heavy atom. The Balaban J connectivity index is 1.18. The zero-order chi connectivity index (χ0) is 38.2. The lowest BCUT2D eigenvalue weighted by Crippen LogP contribution is -2.17. The van der Waals surface area contributed by atoms with Crippen LogP contribution in [0.1, 0.15) is 11.1 Å². The molecule has 0 radical (unpaired) electrons. The fourth-order valence-corrected chi connectivity index (χ4v) is 10.2. The van der Waals surface area contributed by atoms with E-state index in [0.717, 1.165) is 65.2 Å². The van der Waals surface area contributed by atoms with Gasteiger partial charge in [-0.2, -0.15) is 0 Å². The van der Waals surface area contributed by atoms with E-state index < -0.39 is 12.7 Å². The second-order valence-electron chi connectivity index (χ2n) is 11.5. The van der Waals surface area contributed by atoms with E-state index in [9.17, 15) is 26.3 Å². The minimum absolute atomic E-state index is 0.248. The van der Waals surface area contributed by atoms with E-state index in [2.05, 4.69) is 124 Å². The van der Waals surface area contributed by atoms with Crippen LogP contribution in [0.2, 0.25) is 0 Å². The summed E-state index contributed by atoms with van der Waals surface area (Å²) >= 11 is 13.6. The third-order valence-corrected chi connectivity index (χ3v) is 16.6. The average molecular weight is 1400 g/mol. The first-order valence-corrected chi connectivity index (χ1v) is 21.7. The first kappa shape index (κ1) is 41.5. The maximum absolute atomic E-state index is 12.7. The number of alkyl halides is 6. The summed E-state index contributed by atoms with van der Waals surface area (Å²) in [5.41, 5.74) is 10.1. The van der Waals surface area contributed by atoms with Crippen molar-refractivity contribution in [2.24, 2.45) is 0 Å². The molecule has 0 saturated carbocycles. The number of rotatable bonds is 8. The molecule has 0 amide bonds. The fourth-order valence-electron chi connectivity index (χ4n) is 5.62. The smallest absolute Gasteiger partial charge is 0.406 e. The molecule has 0 aromatic heterocycles. The topological polar surface area (TPSA) is 18.5 Å². The van der Waals surface area contributed by atoms with Gasteiger partial charge in [-0.05, 0) is 234 Å². The Kier molecular flexibility index (Phi) is 13.4. The van der Waals surface area contributed by atoms with Crippen LogP contribution < -0.4 is 9.47 Å². The van der Waals surface area contributed by atoms with Gasteiger partial charge in [0.25, 0.3) is 0 Å². The molecule has 6 aromatic rings. The molecule has 0 unspecified atom stereocenters. The molecule has 6 aromatic carbocycles. The number of ether oxygens (including phenoxy) is 2. The van der Waals surface area contributed by atoms with E-state index in [1.807, 2.05) is 93.7 Å². The first-order valence-electron chi connectivity index (χ1n) is 15.2. The van der Waals surface area contributed by atoms with Gasteiger partial charge in [0.2, 0.25) is 0 Å². The van der Waals surface area contributed by atoms with Crippen molar-refractivity contribution >= 4 is 136 Å². The van der Waals surface area contributed by atoms with Gasteiger partial charge in [0, 0.05) is 21.4 Å². The summed E-state index contributed by atoms with van der Waals surface area (Å²) in [5, 5.41) is 0. The third-order valence-electron chi connectivity index (χ3n) is 8.07. The maximum atomic E-state index is 12.7. The van der Waals surface area contributed by atoms with Gasteiger partial charge in [0.15, 0.2) is 0 Å². The van der Waals surface area contributed by atoms with Crippen LogP contribution in [-0.2, 0) is 6.42 Å². The molecular weight excluding hydrogens is 1380 g/mol. The van der Waals surface area contributed by atoms with Crippen molar-refractivity contribution in [1.82, 2.24) is 0 Å².